The van der Waals surface area contributed by atoms with Crippen LogP contribution < -0.4 is 15.0 Å². The number of ether oxygens (including phenoxy) is 1. The lowest BCUT2D eigenvalue weighted by atomic mass is 10.1. The second-order valence-corrected chi connectivity index (χ2v) is 8.74. The second kappa shape index (κ2) is 9.68. The molecule has 1 unspecified atom stereocenters. The number of nitrogens with zero attached hydrogens (tertiary/aromatic N) is 2. The number of benzene rings is 2. The van der Waals surface area contributed by atoms with E-state index in [-0.39, 0.29) is 23.9 Å². The van der Waals surface area contributed by atoms with Crippen LogP contribution in [-0.4, -0.2) is 49.0 Å². The van der Waals surface area contributed by atoms with Gasteiger partial charge in [-0.1, -0.05) is 28.1 Å². The van der Waals surface area contributed by atoms with Crippen molar-refractivity contribution in [1.29, 1.82) is 0 Å². The number of nitrogens with one attached hydrogen (secondary N) is 1. The summed E-state index contributed by atoms with van der Waals surface area (Å²) in [6.45, 7) is 2.31. The molecule has 2 amide bonds. The quantitative estimate of drug-likeness (QED) is 0.683. The van der Waals surface area contributed by atoms with Crippen molar-refractivity contribution in [2.75, 3.05) is 36.4 Å². The highest BCUT2D eigenvalue weighted by Crippen LogP contribution is 2.34. The van der Waals surface area contributed by atoms with Crippen molar-refractivity contribution in [2.24, 2.45) is 0 Å². The Balaban J connectivity index is 1.42. The smallest absolute Gasteiger partial charge is 0.265 e. The number of carbonyl (C=O) groups is 2. The zero-order valence-electron chi connectivity index (χ0n) is 17.2. The van der Waals surface area contributed by atoms with Gasteiger partial charge in [0.05, 0.1) is 17.9 Å². The van der Waals surface area contributed by atoms with Crippen LogP contribution in [0.4, 0.5) is 15.8 Å². The highest BCUT2D eigenvalue weighted by molar-refractivity contribution is 9.10. The van der Waals surface area contributed by atoms with Gasteiger partial charge in [-0.2, -0.15) is 0 Å². The molecule has 0 aliphatic carbocycles. The molecule has 164 valence electrons. The van der Waals surface area contributed by atoms with Crippen LogP contribution in [-0.2, 0) is 9.59 Å². The number of likely N-dealkylation sites (tertiary alicyclic amines) is 1. The van der Waals surface area contributed by atoms with Gasteiger partial charge in [0.1, 0.15) is 11.6 Å². The third-order valence-corrected chi connectivity index (χ3v) is 6.11. The van der Waals surface area contributed by atoms with Crippen molar-refractivity contribution < 1.29 is 18.7 Å². The predicted molar refractivity (Wildman–Crippen MR) is 121 cm³/mol. The van der Waals surface area contributed by atoms with Crippen LogP contribution in [0.25, 0.3) is 0 Å². The summed E-state index contributed by atoms with van der Waals surface area (Å²) in [5.41, 5.74) is 1.00. The van der Waals surface area contributed by atoms with E-state index in [9.17, 15) is 14.0 Å². The molecule has 0 bridgehead atoms. The van der Waals surface area contributed by atoms with Gasteiger partial charge in [-0.15, -0.1) is 0 Å². The first-order valence-electron chi connectivity index (χ1n) is 10.6. The molecular formula is C23H25BrFN3O3. The summed E-state index contributed by atoms with van der Waals surface area (Å²) in [7, 11) is 0. The van der Waals surface area contributed by atoms with Gasteiger partial charge < -0.3 is 19.9 Å². The lowest BCUT2D eigenvalue weighted by Crippen LogP contribution is -2.51. The second-order valence-electron chi connectivity index (χ2n) is 7.83. The Morgan fingerprint density at radius 3 is 2.68 bits per heavy atom. The Labute approximate surface area is 189 Å². The summed E-state index contributed by atoms with van der Waals surface area (Å²) >= 11 is 3.20. The third kappa shape index (κ3) is 5.18. The monoisotopic (exact) mass is 489 g/mol. The number of fused-ring (bicyclic) bond motifs is 1. The molecule has 0 saturated carbocycles. The molecule has 2 aromatic carbocycles. The van der Waals surface area contributed by atoms with Crippen LogP contribution in [0.5, 0.6) is 5.75 Å². The Morgan fingerprint density at radius 2 is 1.90 bits per heavy atom. The van der Waals surface area contributed by atoms with Crippen LogP contribution in [0, 0.1) is 5.82 Å². The molecule has 6 nitrogen and oxygen atoms in total. The van der Waals surface area contributed by atoms with Gasteiger partial charge in [0.25, 0.3) is 5.91 Å². The highest BCUT2D eigenvalue weighted by Gasteiger charge is 2.34. The minimum atomic E-state index is -0.597. The van der Waals surface area contributed by atoms with Crippen LogP contribution in [0.1, 0.15) is 25.7 Å². The Bertz CT molecular complexity index is 965. The van der Waals surface area contributed by atoms with Crippen LogP contribution in [0.15, 0.2) is 46.9 Å². The van der Waals surface area contributed by atoms with Crippen molar-refractivity contribution in [3.8, 4) is 5.75 Å². The molecule has 1 atom stereocenters. The maximum atomic E-state index is 14.0. The first-order valence-corrected chi connectivity index (χ1v) is 11.3. The van der Waals surface area contributed by atoms with Gasteiger partial charge in [0.15, 0.2) is 6.10 Å². The number of hydrogen-bond donors (Lipinski definition) is 1. The van der Waals surface area contributed by atoms with Gasteiger partial charge >= 0.3 is 0 Å². The fraction of sp³-hybridized carbons (Fsp3) is 0.391. The third-order valence-electron chi connectivity index (χ3n) is 5.62. The molecule has 2 aromatic rings. The standard InChI is InChI=1S/C23H25BrFN3O3/c24-16-8-9-18(17(25)14-16)26-22(29)10-13-28-15-21(23(30)27-11-4-1-5-12-27)31-20-7-3-2-6-19(20)28/h2-3,6-9,14,21H,1,4-5,10-13,15H2,(H,26,29). The number of amides is 2. The van der Waals surface area contributed by atoms with Crippen LogP contribution in [0.2, 0.25) is 0 Å². The van der Waals surface area contributed by atoms with Gasteiger partial charge in [-0.3, -0.25) is 9.59 Å². The Kier molecular flexibility index (Phi) is 6.75. The summed E-state index contributed by atoms with van der Waals surface area (Å²) in [5.74, 6) is -0.139. The average Bonchev–Trinajstić information content (AvgIpc) is 2.79. The van der Waals surface area contributed by atoms with E-state index >= 15 is 0 Å². The summed E-state index contributed by atoms with van der Waals surface area (Å²) in [6.07, 6.45) is 2.75. The van der Waals surface area contributed by atoms with Crippen LogP contribution >= 0.6 is 15.9 Å². The minimum absolute atomic E-state index is 0.000545. The minimum Gasteiger partial charge on any atom is -0.477 e. The summed E-state index contributed by atoms with van der Waals surface area (Å²) in [6, 6.07) is 12.0. The van der Waals surface area contributed by atoms with E-state index in [2.05, 4.69) is 21.2 Å². The van der Waals surface area contributed by atoms with Crippen molar-refractivity contribution in [2.45, 2.75) is 31.8 Å². The van der Waals surface area contributed by atoms with Crippen LogP contribution in [0.3, 0.4) is 0 Å². The summed E-state index contributed by atoms with van der Waals surface area (Å²) in [4.78, 5) is 29.3. The average molecular weight is 490 g/mol. The molecule has 0 aromatic heterocycles. The maximum Gasteiger partial charge on any atom is 0.265 e. The Morgan fingerprint density at radius 1 is 1.13 bits per heavy atom. The molecule has 31 heavy (non-hydrogen) atoms. The molecule has 1 N–H and O–H groups in total. The number of piperidine rings is 1. The molecule has 2 aliphatic rings. The summed E-state index contributed by atoms with van der Waals surface area (Å²) < 4.78 is 20.6. The van der Waals surface area contributed by atoms with E-state index in [1.807, 2.05) is 34.1 Å². The van der Waals surface area contributed by atoms with Crippen molar-refractivity contribution in [1.82, 2.24) is 4.90 Å². The van der Waals surface area contributed by atoms with E-state index in [1.165, 1.54) is 12.1 Å². The van der Waals surface area contributed by atoms with Gasteiger partial charge in [-0.05, 0) is 49.6 Å². The molecule has 0 radical (unpaired) electrons. The van der Waals surface area contributed by atoms with Gasteiger partial charge in [0, 0.05) is 30.5 Å². The number of halogens is 2. The van der Waals surface area contributed by atoms with Crippen molar-refractivity contribution in [3.63, 3.8) is 0 Å². The van der Waals surface area contributed by atoms with E-state index in [0.29, 0.717) is 23.3 Å². The van der Waals surface area contributed by atoms with E-state index < -0.39 is 11.9 Å². The van der Waals surface area contributed by atoms with E-state index in [1.54, 1.807) is 6.07 Å². The zero-order chi connectivity index (χ0) is 21.8. The molecule has 8 heteroatoms. The number of carbonyl (C=O) groups excluding carboxylic acids is 2. The lowest BCUT2D eigenvalue weighted by molar-refractivity contribution is -0.139. The SMILES string of the molecule is O=C(CCN1CC(C(=O)N2CCCCC2)Oc2ccccc21)Nc1ccc(Br)cc1F. The molecule has 4 rings (SSSR count). The molecule has 2 heterocycles. The summed E-state index contributed by atoms with van der Waals surface area (Å²) in [5, 5.41) is 2.62. The zero-order valence-corrected chi connectivity index (χ0v) is 18.7. The van der Waals surface area contributed by atoms with Gasteiger partial charge in [0.2, 0.25) is 5.91 Å². The topological polar surface area (TPSA) is 61.9 Å². The number of rotatable bonds is 5. The molecule has 1 fully saturated rings. The van der Waals surface area contributed by atoms with E-state index in [0.717, 1.165) is 38.0 Å². The Hall–Kier alpha value is -2.61. The first-order chi connectivity index (χ1) is 15.0. The highest BCUT2D eigenvalue weighted by atomic mass is 79.9. The van der Waals surface area contributed by atoms with Gasteiger partial charge in [-0.25, -0.2) is 4.39 Å². The van der Waals surface area contributed by atoms with E-state index in [4.69, 9.17) is 4.74 Å². The number of para-hydroxylation sites is 2. The number of anilines is 2. The normalized spacial score (nSPS) is 18.2. The predicted octanol–water partition coefficient (Wildman–Crippen LogP) is 4.20. The molecule has 1 saturated heterocycles. The fourth-order valence-corrected chi connectivity index (χ4v) is 4.34. The maximum absolute atomic E-state index is 14.0. The number of hydrogen-bond acceptors (Lipinski definition) is 4. The largest absolute Gasteiger partial charge is 0.477 e. The molecular weight excluding hydrogens is 465 g/mol. The molecule has 2 aliphatic heterocycles. The lowest BCUT2D eigenvalue weighted by Gasteiger charge is -2.38. The van der Waals surface area contributed by atoms with Crippen molar-refractivity contribution in [3.05, 3.63) is 52.8 Å². The molecule has 0 spiro atoms. The fourth-order valence-electron chi connectivity index (χ4n) is 4.01. The van der Waals surface area contributed by atoms with Crippen molar-refractivity contribution >= 4 is 39.1 Å². The first kappa shape index (κ1) is 21.6.